The summed E-state index contributed by atoms with van der Waals surface area (Å²) in [6.45, 7) is 3.58. The minimum atomic E-state index is -0.271. The van der Waals surface area contributed by atoms with Crippen molar-refractivity contribution in [3.8, 4) is 10.6 Å². The second kappa shape index (κ2) is 6.21. The SMILES string of the molecule is Cc1cc(C(=O)Nc2nc(-c3ccc(Cl)s3)cs2)c2c(C)noc2n1. The van der Waals surface area contributed by atoms with Crippen molar-refractivity contribution in [2.75, 3.05) is 5.32 Å². The van der Waals surface area contributed by atoms with Crippen LogP contribution < -0.4 is 5.32 Å². The van der Waals surface area contributed by atoms with Crippen LogP contribution in [0.15, 0.2) is 28.1 Å². The Kier molecular flexibility index (Phi) is 4.03. The molecule has 4 heterocycles. The summed E-state index contributed by atoms with van der Waals surface area (Å²) in [5.74, 6) is -0.271. The number of fused-ring (bicyclic) bond motifs is 1. The lowest BCUT2D eigenvalue weighted by Gasteiger charge is -2.04. The molecular formula is C16H11ClN4O2S2. The normalized spacial score (nSPS) is 11.2. The number of amides is 1. The maximum absolute atomic E-state index is 12.7. The van der Waals surface area contributed by atoms with Crippen LogP contribution in [0, 0.1) is 13.8 Å². The number of pyridine rings is 1. The molecule has 0 unspecified atom stereocenters. The highest BCUT2D eigenvalue weighted by atomic mass is 35.5. The second-order valence-electron chi connectivity index (χ2n) is 5.36. The van der Waals surface area contributed by atoms with Gasteiger partial charge in [-0.05, 0) is 32.0 Å². The number of hydrogen-bond acceptors (Lipinski definition) is 7. The lowest BCUT2D eigenvalue weighted by Crippen LogP contribution is -2.13. The van der Waals surface area contributed by atoms with Crippen LogP contribution in [0.1, 0.15) is 21.7 Å². The lowest BCUT2D eigenvalue weighted by molar-refractivity contribution is 0.102. The molecule has 6 nitrogen and oxygen atoms in total. The van der Waals surface area contributed by atoms with Crippen molar-refractivity contribution in [3.63, 3.8) is 0 Å². The topological polar surface area (TPSA) is 80.9 Å². The van der Waals surface area contributed by atoms with Crippen LogP contribution in [0.4, 0.5) is 5.13 Å². The third kappa shape index (κ3) is 3.04. The van der Waals surface area contributed by atoms with E-state index in [1.54, 1.807) is 19.9 Å². The zero-order valence-electron chi connectivity index (χ0n) is 13.2. The number of carbonyl (C=O) groups excluding carboxylic acids is 1. The molecule has 0 aliphatic rings. The van der Waals surface area contributed by atoms with Crippen LogP contribution in [0.5, 0.6) is 0 Å². The monoisotopic (exact) mass is 390 g/mol. The minimum absolute atomic E-state index is 0.271. The van der Waals surface area contributed by atoms with Crippen molar-refractivity contribution in [2.24, 2.45) is 0 Å². The fraction of sp³-hybridized carbons (Fsp3) is 0.125. The Morgan fingerprint density at radius 1 is 1.28 bits per heavy atom. The van der Waals surface area contributed by atoms with Gasteiger partial charge in [-0.2, -0.15) is 0 Å². The second-order valence-corrected chi connectivity index (χ2v) is 7.93. The molecule has 25 heavy (non-hydrogen) atoms. The average molecular weight is 391 g/mol. The molecule has 4 rings (SSSR count). The van der Waals surface area contributed by atoms with Crippen LogP contribution in [-0.4, -0.2) is 21.0 Å². The van der Waals surface area contributed by atoms with Crippen LogP contribution in [0.3, 0.4) is 0 Å². The van der Waals surface area contributed by atoms with E-state index in [1.165, 1.54) is 22.7 Å². The molecule has 0 aliphatic carbocycles. The molecule has 0 atom stereocenters. The predicted octanol–water partition coefficient (Wildman–Crippen LogP) is 4.93. The largest absolute Gasteiger partial charge is 0.336 e. The van der Waals surface area contributed by atoms with Crippen LogP contribution in [0.2, 0.25) is 4.34 Å². The van der Waals surface area contributed by atoms with E-state index in [-0.39, 0.29) is 5.91 Å². The van der Waals surface area contributed by atoms with Crippen molar-refractivity contribution in [3.05, 3.63) is 44.9 Å². The van der Waals surface area contributed by atoms with Crippen molar-refractivity contribution >= 4 is 56.4 Å². The Balaban J connectivity index is 1.65. The molecule has 0 saturated carbocycles. The van der Waals surface area contributed by atoms with Crippen molar-refractivity contribution < 1.29 is 9.32 Å². The first-order valence-electron chi connectivity index (χ1n) is 7.27. The first-order chi connectivity index (χ1) is 12.0. The fourth-order valence-corrected chi connectivity index (χ4v) is 4.24. The van der Waals surface area contributed by atoms with E-state index in [0.29, 0.717) is 37.5 Å². The Labute approximate surface area is 155 Å². The van der Waals surface area contributed by atoms with Gasteiger partial charge in [0.2, 0.25) is 0 Å². The molecule has 4 aromatic heterocycles. The van der Waals surface area contributed by atoms with Crippen LogP contribution >= 0.6 is 34.3 Å². The summed E-state index contributed by atoms with van der Waals surface area (Å²) >= 11 is 8.76. The standard InChI is InChI=1S/C16H11ClN4O2S2/c1-7-5-9(13-8(2)21-23-15(13)18-7)14(22)20-16-19-10(6-24-16)11-3-4-12(17)25-11/h3-6H,1-2H3,(H,19,20,22). The molecule has 4 aromatic rings. The Hall–Kier alpha value is -2.29. The molecule has 0 spiro atoms. The molecule has 126 valence electrons. The minimum Gasteiger partial charge on any atom is -0.336 e. The van der Waals surface area contributed by atoms with Gasteiger partial charge in [-0.15, -0.1) is 22.7 Å². The quantitative estimate of drug-likeness (QED) is 0.536. The Bertz CT molecular complexity index is 1100. The summed E-state index contributed by atoms with van der Waals surface area (Å²) in [5.41, 5.74) is 2.92. The summed E-state index contributed by atoms with van der Waals surface area (Å²) in [4.78, 5) is 22.4. The number of aromatic nitrogens is 3. The van der Waals surface area contributed by atoms with Gasteiger partial charge in [0, 0.05) is 11.1 Å². The molecule has 0 aromatic carbocycles. The highest BCUT2D eigenvalue weighted by Crippen LogP contribution is 2.33. The van der Waals surface area contributed by atoms with Gasteiger partial charge < -0.3 is 4.52 Å². The van der Waals surface area contributed by atoms with Gasteiger partial charge in [-0.1, -0.05) is 16.8 Å². The molecule has 0 aliphatic heterocycles. The molecule has 0 radical (unpaired) electrons. The molecule has 1 N–H and O–H groups in total. The average Bonchev–Trinajstić information content (AvgIpc) is 3.28. The highest BCUT2D eigenvalue weighted by molar-refractivity contribution is 7.20. The predicted molar refractivity (Wildman–Crippen MR) is 99.7 cm³/mol. The summed E-state index contributed by atoms with van der Waals surface area (Å²) < 4.78 is 5.87. The summed E-state index contributed by atoms with van der Waals surface area (Å²) in [6, 6.07) is 5.45. The molecule has 1 amide bonds. The van der Waals surface area contributed by atoms with E-state index in [1.807, 2.05) is 17.5 Å². The van der Waals surface area contributed by atoms with Gasteiger partial charge in [-0.25, -0.2) is 9.97 Å². The van der Waals surface area contributed by atoms with Crippen LogP contribution in [0.25, 0.3) is 21.7 Å². The number of halogens is 1. The number of hydrogen-bond donors (Lipinski definition) is 1. The molecule has 9 heteroatoms. The number of thiophene rings is 1. The number of thiazole rings is 1. The summed E-state index contributed by atoms with van der Waals surface area (Å²) in [7, 11) is 0. The van der Waals surface area contributed by atoms with E-state index in [2.05, 4.69) is 20.4 Å². The Morgan fingerprint density at radius 2 is 2.12 bits per heavy atom. The van der Waals surface area contributed by atoms with Crippen molar-refractivity contribution in [2.45, 2.75) is 13.8 Å². The van der Waals surface area contributed by atoms with Crippen LogP contribution in [-0.2, 0) is 0 Å². The first-order valence-corrected chi connectivity index (χ1v) is 9.35. The van der Waals surface area contributed by atoms with E-state index in [4.69, 9.17) is 16.1 Å². The maximum atomic E-state index is 12.7. The zero-order valence-corrected chi connectivity index (χ0v) is 15.6. The summed E-state index contributed by atoms with van der Waals surface area (Å²) in [6.07, 6.45) is 0. The molecule has 0 fully saturated rings. The first kappa shape index (κ1) is 16.2. The highest BCUT2D eigenvalue weighted by Gasteiger charge is 2.19. The third-order valence-electron chi connectivity index (χ3n) is 3.54. The number of nitrogens with one attached hydrogen (secondary N) is 1. The van der Waals surface area contributed by atoms with E-state index in [9.17, 15) is 4.79 Å². The summed E-state index contributed by atoms with van der Waals surface area (Å²) in [5, 5.41) is 9.74. The van der Waals surface area contributed by atoms with Crippen molar-refractivity contribution in [1.82, 2.24) is 15.1 Å². The van der Waals surface area contributed by atoms with Gasteiger partial charge in [0.1, 0.15) is 0 Å². The zero-order chi connectivity index (χ0) is 17.6. The number of anilines is 1. The molecule has 0 saturated heterocycles. The molecular weight excluding hydrogens is 380 g/mol. The fourth-order valence-electron chi connectivity index (χ4n) is 2.46. The van der Waals surface area contributed by atoms with E-state index >= 15 is 0 Å². The number of nitrogens with zero attached hydrogens (tertiary/aromatic N) is 3. The van der Waals surface area contributed by atoms with Gasteiger partial charge in [0.25, 0.3) is 11.6 Å². The van der Waals surface area contributed by atoms with Gasteiger partial charge in [-0.3, -0.25) is 10.1 Å². The van der Waals surface area contributed by atoms with Crippen molar-refractivity contribution in [1.29, 1.82) is 0 Å². The van der Waals surface area contributed by atoms with Gasteiger partial charge in [0.05, 0.1) is 31.6 Å². The number of aryl methyl sites for hydroxylation is 2. The Morgan fingerprint density at radius 3 is 2.88 bits per heavy atom. The van der Waals surface area contributed by atoms with E-state index in [0.717, 1.165) is 10.6 Å². The van der Waals surface area contributed by atoms with Gasteiger partial charge >= 0.3 is 0 Å². The maximum Gasteiger partial charge on any atom is 0.258 e. The lowest BCUT2D eigenvalue weighted by atomic mass is 10.1. The van der Waals surface area contributed by atoms with Gasteiger partial charge in [0.15, 0.2) is 5.13 Å². The molecule has 0 bridgehead atoms. The number of rotatable bonds is 3. The number of carbonyl (C=O) groups is 1. The van der Waals surface area contributed by atoms with E-state index < -0.39 is 0 Å². The smallest absolute Gasteiger partial charge is 0.258 e. The third-order valence-corrected chi connectivity index (χ3v) is 5.55.